The Morgan fingerprint density at radius 1 is 1.00 bits per heavy atom. The van der Waals surface area contributed by atoms with Crippen LogP contribution in [0.25, 0.3) is 0 Å². The Morgan fingerprint density at radius 2 is 1.00 bits per heavy atom. The van der Waals surface area contributed by atoms with Crippen molar-refractivity contribution >= 4 is 0 Å². The van der Waals surface area contributed by atoms with Gasteiger partial charge < -0.3 is 4.48 Å². The summed E-state index contributed by atoms with van der Waals surface area (Å²) in [4.78, 5) is 0. The number of quaternary nitrogens is 1. The van der Waals surface area contributed by atoms with Crippen molar-refractivity contribution in [2.45, 2.75) is 0 Å². The fraction of sp³-hybridized carbons (Fsp3) is 1.00. The van der Waals surface area contributed by atoms with Crippen molar-refractivity contribution in [2.24, 2.45) is 0 Å². The Morgan fingerprint density at radius 3 is 1.00 bits per heavy atom. The summed E-state index contributed by atoms with van der Waals surface area (Å²) in [6, 6.07) is 0. The molecule has 0 fully saturated rings. The van der Waals surface area contributed by atoms with E-state index in [9.17, 15) is 0 Å². The lowest BCUT2D eigenvalue weighted by molar-refractivity contribution is -0.849. The molecule has 0 heterocycles. The first-order chi connectivity index (χ1) is 3.41. The topological polar surface area (TPSA) is 49.7 Å². The number of hydrogen-bond acceptors (Lipinski definition) is 3. The second kappa shape index (κ2) is 4.99. The van der Waals surface area contributed by atoms with Gasteiger partial charge in [-0.3, -0.25) is 0 Å². The second-order valence-electron chi connectivity index (χ2n) is 2.76. The van der Waals surface area contributed by atoms with E-state index in [1.807, 2.05) is 0 Å². The number of rotatable bonds is 0. The molecule has 0 aromatic rings. The number of nitrogens with zero attached hydrogens (tertiary/aromatic N) is 1. The molecular formula is C4H14NO3+. The fourth-order valence-corrected chi connectivity index (χ4v) is 0. The van der Waals surface area contributed by atoms with Gasteiger partial charge in [0.25, 0.3) is 0 Å². The van der Waals surface area contributed by atoms with Gasteiger partial charge in [-0.2, -0.15) is 0 Å². The van der Waals surface area contributed by atoms with E-state index < -0.39 is 0 Å². The minimum atomic E-state index is 1.00. The van der Waals surface area contributed by atoms with Crippen LogP contribution >= 0.6 is 0 Å². The Balaban J connectivity index is 0. The van der Waals surface area contributed by atoms with Crippen LogP contribution in [0.2, 0.25) is 0 Å². The highest BCUT2D eigenvalue weighted by atomic mass is 17.4. The van der Waals surface area contributed by atoms with Gasteiger partial charge in [0, 0.05) is 0 Å². The highest BCUT2D eigenvalue weighted by Gasteiger charge is 1.88. The minimum absolute atomic E-state index is 1.00. The van der Waals surface area contributed by atoms with E-state index in [1.165, 1.54) is 0 Å². The molecule has 0 unspecified atom stereocenters. The summed E-state index contributed by atoms with van der Waals surface area (Å²) in [7, 11) is 8.50. The summed E-state index contributed by atoms with van der Waals surface area (Å²) < 4.78 is 1.00. The van der Waals surface area contributed by atoms with Crippen LogP contribution in [0.4, 0.5) is 0 Å². The molecule has 0 aliphatic rings. The molecule has 0 amide bonds. The largest absolute Gasteiger partial charge is 0.333 e. The van der Waals surface area contributed by atoms with E-state index in [2.05, 4.69) is 33.2 Å². The zero-order valence-corrected chi connectivity index (χ0v) is 5.75. The summed E-state index contributed by atoms with van der Waals surface area (Å²) in [5.74, 6) is 0. The lowest BCUT2D eigenvalue weighted by atomic mass is 10.8. The van der Waals surface area contributed by atoms with Crippen LogP contribution < -0.4 is 0 Å². The van der Waals surface area contributed by atoms with Gasteiger partial charge in [-0.15, -0.1) is 0 Å². The lowest BCUT2D eigenvalue weighted by Crippen LogP contribution is -2.27. The van der Waals surface area contributed by atoms with Gasteiger partial charge in [-0.25, -0.2) is 10.5 Å². The second-order valence-corrected chi connectivity index (χ2v) is 2.76. The average Bonchev–Trinajstić information content (AvgIpc) is 1.27. The lowest BCUT2D eigenvalue weighted by Gasteiger charge is -2.14. The van der Waals surface area contributed by atoms with E-state index in [0.29, 0.717) is 0 Å². The molecule has 0 aromatic heterocycles. The molecule has 0 saturated carbocycles. The van der Waals surface area contributed by atoms with Gasteiger partial charge in [-0.05, 0) is 0 Å². The molecule has 0 aromatic carbocycles. The van der Waals surface area contributed by atoms with E-state index in [4.69, 9.17) is 10.5 Å². The van der Waals surface area contributed by atoms with Gasteiger partial charge in [0.1, 0.15) is 0 Å². The van der Waals surface area contributed by atoms with Gasteiger partial charge in [0.15, 0.2) is 0 Å². The first-order valence-electron chi connectivity index (χ1n) is 2.15. The Kier molecular flexibility index (Phi) is 6.70. The van der Waals surface area contributed by atoms with Gasteiger partial charge >= 0.3 is 0 Å². The highest BCUT2D eigenvalue weighted by molar-refractivity contribution is 3.87. The Hall–Kier alpha value is -0.160. The van der Waals surface area contributed by atoms with Crippen molar-refractivity contribution in [1.29, 1.82) is 0 Å². The molecule has 0 spiro atoms. The first kappa shape index (κ1) is 10.8. The molecule has 0 saturated heterocycles. The third-order valence-electron chi connectivity index (χ3n) is 0. The standard InChI is InChI=1S/C4H12N.H2O3/c1-5(2,3)4;1-3-2/h1-4H3;1-2H/q+1;. The van der Waals surface area contributed by atoms with Crippen LogP contribution in [0.5, 0.6) is 0 Å². The molecule has 8 heavy (non-hydrogen) atoms. The predicted molar refractivity (Wildman–Crippen MR) is 30.3 cm³/mol. The highest BCUT2D eigenvalue weighted by Crippen LogP contribution is 1.73. The van der Waals surface area contributed by atoms with Crippen molar-refractivity contribution in [1.82, 2.24) is 0 Å². The van der Waals surface area contributed by atoms with Gasteiger partial charge in [0.2, 0.25) is 0 Å². The van der Waals surface area contributed by atoms with Gasteiger partial charge in [-0.1, -0.05) is 5.04 Å². The van der Waals surface area contributed by atoms with Crippen LogP contribution in [0.3, 0.4) is 0 Å². The minimum Gasteiger partial charge on any atom is -0.333 e. The maximum absolute atomic E-state index is 6.62. The molecular weight excluding hydrogens is 110 g/mol. The number of hydrogen-bond donors (Lipinski definition) is 2. The van der Waals surface area contributed by atoms with Crippen molar-refractivity contribution in [3.63, 3.8) is 0 Å². The van der Waals surface area contributed by atoms with Crippen LogP contribution in [0.1, 0.15) is 0 Å². The third-order valence-corrected chi connectivity index (χ3v) is 0. The van der Waals surface area contributed by atoms with Crippen molar-refractivity contribution in [2.75, 3.05) is 28.2 Å². The van der Waals surface area contributed by atoms with Crippen LogP contribution in [0.15, 0.2) is 0 Å². The van der Waals surface area contributed by atoms with Gasteiger partial charge in [0.05, 0.1) is 28.2 Å². The van der Waals surface area contributed by atoms with Crippen LogP contribution in [0, 0.1) is 0 Å². The Bertz CT molecular complexity index is 35.0. The fourth-order valence-electron chi connectivity index (χ4n) is 0. The molecule has 0 aliphatic carbocycles. The molecule has 0 atom stereocenters. The summed E-state index contributed by atoms with van der Waals surface area (Å²) >= 11 is 0. The predicted octanol–water partition coefficient (Wildman–Crippen LogP) is 0.271. The molecule has 52 valence electrons. The van der Waals surface area contributed by atoms with Crippen LogP contribution in [-0.2, 0) is 5.04 Å². The van der Waals surface area contributed by atoms with E-state index >= 15 is 0 Å². The molecule has 0 radical (unpaired) electrons. The Labute approximate surface area is 49.4 Å². The zero-order valence-electron chi connectivity index (χ0n) is 5.75. The molecule has 4 nitrogen and oxygen atoms in total. The summed E-state index contributed by atoms with van der Waals surface area (Å²) in [5.41, 5.74) is 0. The maximum Gasteiger partial charge on any atom is 0.0675 e. The molecule has 0 aliphatic heterocycles. The van der Waals surface area contributed by atoms with Crippen molar-refractivity contribution in [3.05, 3.63) is 0 Å². The maximum atomic E-state index is 6.62. The van der Waals surface area contributed by atoms with E-state index in [-0.39, 0.29) is 0 Å². The zero-order chi connectivity index (χ0) is 7.21. The molecule has 0 bridgehead atoms. The first-order valence-corrected chi connectivity index (χ1v) is 2.15. The molecule has 0 rings (SSSR count). The monoisotopic (exact) mass is 124 g/mol. The average molecular weight is 124 g/mol. The van der Waals surface area contributed by atoms with E-state index in [1.54, 1.807) is 0 Å². The SMILES string of the molecule is C[N+](C)(C)C.OOO. The smallest absolute Gasteiger partial charge is 0.0675 e. The van der Waals surface area contributed by atoms with E-state index in [0.717, 1.165) is 4.48 Å². The summed E-state index contributed by atoms with van der Waals surface area (Å²) in [6.45, 7) is 0. The quantitative estimate of drug-likeness (QED) is 0.277. The third kappa shape index (κ3) is 5340. The summed E-state index contributed by atoms with van der Waals surface area (Å²) in [6.07, 6.45) is 0. The molecule has 4 heteroatoms. The summed E-state index contributed by atoms with van der Waals surface area (Å²) in [5, 5.41) is 15.5. The normalized spacial score (nSPS) is 9.75. The van der Waals surface area contributed by atoms with Crippen molar-refractivity contribution in [3.8, 4) is 0 Å². The van der Waals surface area contributed by atoms with Crippen molar-refractivity contribution < 1.29 is 20.0 Å². The molecule has 2 N–H and O–H groups in total. The van der Waals surface area contributed by atoms with Crippen LogP contribution in [-0.4, -0.2) is 43.2 Å².